The molecule has 3 rings (SSSR count). The first kappa shape index (κ1) is 15.8. The fourth-order valence-electron chi connectivity index (χ4n) is 3.77. The van der Waals surface area contributed by atoms with Gasteiger partial charge in [-0.2, -0.15) is 5.21 Å². The van der Waals surface area contributed by atoms with Gasteiger partial charge in [0.25, 0.3) is 0 Å². The van der Waals surface area contributed by atoms with Crippen molar-refractivity contribution in [1.82, 2.24) is 25.9 Å². The van der Waals surface area contributed by atoms with Crippen LogP contribution in [-0.2, 0) is 20.7 Å². The number of ether oxygens (including phenoxy) is 2. The molecule has 1 aliphatic heterocycles. The van der Waals surface area contributed by atoms with E-state index >= 15 is 0 Å². The molecule has 0 radical (unpaired) electrons. The number of nitrogens with one attached hydrogen (secondary N) is 2. The zero-order valence-electron chi connectivity index (χ0n) is 18.1. The van der Waals surface area contributed by atoms with Gasteiger partial charge in [0, 0.05) is 15.6 Å². The van der Waals surface area contributed by atoms with Crippen molar-refractivity contribution in [3.8, 4) is 0 Å². The van der Waals surface area contributed by atoms with Crippen molar-refractivity contribution in [2.45, 2.75) is 51.0 Å². The molecule has 10 nitrogen and oxygen atoms in total. The van der Waals surface area contributed by atoms with Crippen LogP contribution in [0, 0.1) is 17.8 Å². The third-order valence-corrected chi connectivity index (χ3v) is 5.14. The molecule has 2 fully saturated rings. The second-order valence-electron chi connectivity index (χ2n) is 7.02. The van der Waals surface area contributed by atoms with Gasteiger partial charge in [-0.25, -0.2) is 4.79 Å². The Labute approximate surface area is 162 Å². The third-order valence-electron chi connectivity index (χ3n) is 5.14. The highest BCUT2D eigenvalue weighted by Crippen LogP contribution is 2.40. The fraction of sp³-hybridized carbons (Fsp3) is 0.824. The molecule has 0 spiro atoms. The lowest BCUT2D eigenvalue weighted by molar-refractivity contribution is -0.148. The van der Waals surface area contributed by atoms with Gasteiger partial charge >= 0.3 is 12.1 Å². The predicted octanol–water partition coefficient (Wildman–Crippen LogP) is 0.555. The molecule has 0 unspecified atom stereocenters. The first-order chi connectivity index (χ1) is 14.2. The Balaban J connectivity index is 1.55. The minimum Gasteiger partial charge on any atom is -0.464 e. The summed E-state index contributed by atoms with van der Waals surface area (Å²) in [6, 6.07) is -1.86. The van der Waals surface area contributed by atoms with E-state index in [1.165, 1.54) is 0 Å². The number of primary amides is 1. The van der Waals surface area contributed by atoms with E-state index in [9.17, 15) is 9.59 Å². The minimum absolute atomic E-state index is 0.00856. The van der Waals surface area contributed by atoms with E-state index in [1.54, 1.807) is 0 Å². The lowest BCUT2D eigenvalue weighted by Gasteiger charge is -2.42. The van der Waals surface area contributed by atoms with Crippen molar-refractivity contribution in [1.29, 1.82) is 0 Å². The normalized spacial score (nSPS) is 33.8. The number of aromatic amines is 1. The quantitative estimate of drug-likeness (QED) is 0.436. The van der Waals surface area contributed by atoms with Crippen molar-refractivity contribution in [2.75, 3.05) is 19.7 Å². The highest BCUT2D eigenvalue weighted by molar-refractivity contribution is 5.76. The molecule has 0 aromatic carbocycles. The second kappa shape index (κ2) is 9.63. The van der Waals surface area contributed by atoms with E-state index < -0.39 is 24.6 Å². The molecule has 1 amide bonds. The average Bonchev–Trinajstić information content (AvgIpc) is 3.18. The zero-order valence-corrected chi connectivity index (χ0v) is 15.1. The molecule has 1 aliphatic carbocycles. The highest BCUT2D eigenvalue weighted by Gasteiger charge is 2.38. The van der Waals surface area contributed by atoms with Gasteiger partial charge in [-0.1, -0.05) is 11.6 Å². The SMILES string of the molecule is [2H]C1([2H])N[C@]([2H])(C(=O)OCCCOC(N)=O)C[C@H]2C[C@@H](CCc3nn[nH]n3)CC[C@H]21. The summed E-state index contributed by atoms with van der Waals surface area (Å²) in [6.45, 7) is -1.87. The topological polar surface area (TPSA) is 145 Å². The maximum absolute atomic E-state index is 12.5. The number of tetrazole rings is 1. The number of carbonyl (C=O) groups is 2. The van der Waals surface area contributed by atoms with E-state index in [-0.39, 0.29) is 37.9 Å². The van der Waals surface area contributed by atoms with Gasteiger partial charge in [0.1, 0.15) is 6.02 Å². The van der Waals surface area contributed by atoms with Crippen LogP contribution in [0.1, 0.15) is 48.5 Å². The minimum atomic E-state index is -1.86. The van der Waals surface area contributed by atoms with Gasteiger partial charge in [-0.15, -0.1) is 10.2 Å². The van der Waals surface area contributed by atoms with Crippen molar-refractivity contribution in [2.24, 2.45) is 23.5 Å². The highest BCUT2D eigenvalue weighted by atomic mass is 16.6. The molecular weight excluding hydrogens is 352 g/mol. The second-order valence-corrected chi connectivity index (χ2v) is 7.02. The number of piperidine rings is 1. The van der Waals surface area contributed by atoms with Crippen molar-refractivity contribution < 1.29 is 23.2 Å². The van der Waals surface area contributed by atoms with Crippen LogP contribution in [0.5, 0.6) is 0 Å². The average molecular weight is 383 g/mol. The smallest absolute Gasteiger partial charge is 0.404 e. The number of hydrogen-bond donors (Lipinski definition) is 3. The van der Waals surface area contributed by atoms with Crippen LogP contribution < -0.4 is 11.1 Å². The molecule has 4 atom stereocenters. The lowest BCUT2D eigenvalue weighted by Crippen LogP contribution is -2.50. The van der Waals surface area contributed by atoms with Crippen LogP contribution in [0.2, 0.25) is 0 Å². The summed E-state index contributed by atoms with van der Waals surface area (Å²) in [7, 11) is 0. The molecule has 10 heteroatoms. The van der Waals surface area contributed by atoms with Crippen molar-refractivity contribution in [3.63, 3.8) is 0 Å². The summed E-state index contributed by atoms with van der Waals surface area (Å²) in [5, 5.41) is 16.5. The van der Waals surface area contributed by atoms with Gasteiger partial charge in [0.2, 0.25) is 0 Å². The fourth-order valence-corrected chi connectivity index (χ4v) is 3.77. The van der Waals surface area contributed by atoms with Crippen LogP contribution >= 0.6 is 0 Å². The number of fused-ring (bicyclic) bond motifs is 1. The molecule has 1 aromatic rings. The van der Waals surface area contributed by atoms with Crippen molar-refractivity contribution >= 4 is 12.1 Å². The molecule has 0 bridgehead atoms. The molecule has 4 N–H and O–H groups in total. The number of H-pyrrole nitrogens is 1. The maximum atomic E-state index is 12.5. The monoisotopic (exact) mass is 383 g/mol. The summed E-state index contributed by atoms with van der Waals surface area (Å²) in [6.07, 6.45) is 3.39. The molecule has 150 valence electrons. The van der Waals surface area contributed by atoms with Gasteiger partial charge in [-0.3, -0.25) is 4.79 Å². The summed E-state index contributed by atoms with van der Waals surface area (Å²) in [5.74, 6) is -0.179. The standard InChI is InChI=1S/C17H28N6O4/c18-17(25)27-7-1-6-26-16(24)14-9-13-8-11(2-4-12(13)10-19-14)3-5-15-20-22-23-21-15/h11-14,19H,1-10H2,(H2,18,25)(H,20,21,22,23)/t11-,12+,13-,14+/m1/s1/i10D2,14D. The Bertz CT molecular complexity index is 737. The van der Waals surface area contributed by atoms with E-state index in [0.29, 0.717) is 24.6 Å². The molecule has 1 aromatic heterocycles. The number of amides is 1. The Kier molecular flexibility index (Phi) is 5.63. The number of esters is 1. The van der Waals surface area contributed by atoms with Gasteiger partial charge in [0.05, 0.1) is 14.6 Å². The summed E-state index contributed by atoms with van der Waals surface area (Å²) in [5.41, 5.74) is 4.86. The van der Waals surface area contributed by atoms with Crippen LogP contribution in [0.4, 0.5) is 4.79 Å². The number of rotatable bonds is 8. The predicted molar refractivity (Wildman–Crippen MR) is 94.3 cm³/mol. The number of hydrogen-bond acceptors (Lipinski definition) is 8. The Morgan fingerprint density at radius 1 is 1.26 bits per heavy atom. The third kappa shape index (κ3) is 5.88. The Morgan fingerprint density at radius 3 is 2.89 bits per heavy atom. The molecular formula is C17H28N6O4. The largest absolute Gasteiger partial charge is 0.464 e. The summed E-state index contributed by atoms with van der Waals surface area (Å²) >= 11 is 0. The number of carbonyl (C=O) groups excluding carboxylic acids is 2. The van der Waals surface area contributed by atoms with E-state index in [0.717, 1.165) is 19.3 Å². The van der Waals surface area contributed by atoms with E-state index in [1.807, 2.05) is 0 Å². The summed E-state index contributed by atoms with van der Waals surface area (Å²) < 4.78 is 35.1. The van der Waals surface area contributed by atoms with Crippen molar-refractivity contribution in [3.05, 3.63) is 5.82 Å². The lowest BCUT2D eigenvalue weighted by atomic mass is 9.69. The molecule has 1 saturated heterocycles. The molecule has 1 saturated carbocycles. The molecule has 2 aliphatic rings. The Morgan fingerprint density at radius 2 is 2.11 bits per heavy atom. The van der Waals surface area contributed by atoms with Gasteiger partial charge in [0.15, 0.2) is 5.82 Å². The maximum Gasteiger partial charge on any atom is 0.404 e. The first-order valence-corrected chi connectivity index (χ1v) is 9.31. The van der Waals surface area contributed by atoms with E-state index in [2.05, 4.69) is 30.7 Å². The van der Waals surface area contributed by atoms with E-state index in [4.69, 9.17) is 14.6 Å². The van der Waals surface area contributed by atoms with Crippen LogP contribution in [0.3, 0.4) is 0 Å². The zero-order chi connectivity index (χ0) is 21.8. The first-order valence-electron chi connectivity index (χ1n) is 10.8. The van der Waals surface area contributed by atoms with Crippen LogP contribution in [0.15, 0.2) is 0 Å². The van der Waals surface area contributed by atoms with Gasteiger partial charge < -0.3 is 20.5 Å². The number of aromatic nitrogens is 4. The van der Waals surface area contributed by atoms with Crippen LogP contribution in [0.25, 0.3) is 0 Å². The Hall–Kier alpha value is -2.23. The molecule has 2 heterocycles. The number of nitrogens with zero attached hydrogens (tertiary/aromatic N) is 3. The van der Waals surface area contributed by atoms with Gasteiger partial charge in [-0.05, 0) is 49.9 Å². The van der Waals surface area contributed by atoms with Crippen LogP contribution in [-0.4, -0.2) is 58.4 Å². The number of nitrogens with two attached hydrogens (primary N) is 1. The number of aryl methyl sites for hydroxylation is 1. The molecule has 27 heavy (non-hydrogen) atoms. The summed E-state index contributed by atoms with van der Waals surface area (Å²) in [4.78, 5) is 23.1.